The van der Waals surface area contributed by atoms with Crippen molar-refractivity contribution in [3.8, 4) is 11.3 Å². The molecule has 7 nitrogen and oxygen atoms in total. The first-order valence-electron chi connectivity index (χ1n) is 14.3. The monoisotopic (exact) mass is 567 g/mol. The Balaban J connectivity index is 1.28. The Kier molecular flexibility index (Phi) is 10.1. The van der Waals surface area contributed by atoms with Crippen LogP contribution in [-0.2, 0) is 4.79 Å². The smallest absolute Gasteiger partial charge is 0.323 e. The van der Waals surface area contributed by atoms with Crippen molar-refractivity contribution in [3.63, 3.8) is 0 Å². The van der Waals surface area contributed by atoms with Crippen molar-refractivity contribution in [1.29, 1.82) is 0 Å². The number of aromatic nitrogens is 1. The fraction of sp³-hybridized carbons (Fsp3) is 0.303. The molecule has 3 aromatic carbocycles. The molecule has 0 atom stereocenters. The van der Waals surface area contributed by atoms with Crippen LogP contribution in [0.5, 0.6) is 0 Å². The summed E-state index contributed by atoms with van der Waals surface area (Å²) in [7, 11) is 0. The fourth-order valence-electron chi connectivity index (χ4n) is 5.23. The van der Waals surface area contributed by atoms with E-state index in [0.717, 1.165) is 43.9 Å². The van der Waals surface area contributed by atoms with E-state index in [1.807, 2.05) is 57.6 Å². The van der Waals surface area contributed by atoms with Crippen molar-refractivity contribution >= 4 is 28.4 Å². The number of piperazine rings is 1. The van der Waals surface area contributed by atoms with Gasteiger partial charge in [0.2, 0.25) is 5.91 Å². The molecule has 3 amide bonds. The van der Waals surface area contributed by atoms with Crippen molar-refractivity contribution < 1.29 is 9.59 Å². The number of hydrogen-bond acceptors (Lipinski definition) is 5. The lowest BCUT2D eigenvalue weighted by Gasteiger charge is -2.28. The number of nitrogens with one attached hydrogen (secondary N) is 2. The van der Waals surface area contributed by atoms with Gasteiger partial charge in [0, 0.05) is 62.6 Å². The van der Waals surface area contributed by atoms with Crippen LogP contribution in [0.4, 0.5) is 9.93 Å². The molecule has 0 bridgehead atoms. The van der Waals surface area contributed by atoms with Crippen molar-refractivity contribution in [2.75, 3.05) is 44.6 Å². The lowest BCUT2D eigenvalue weighted by molar-refractivity contribution is -0.131. The molecule has 1 aromatic heterocycles. The third kappa shape index (κ3) is 8.02. The highest BCUT2D eigenvalue weighted by Crippen LogP contribution is 2.29. The van der Waals surface area contributed by atoms with Gasteiger partial charge in [0.15, 0.2) is 5.13 Å². The van der Waals surface area contributed by atoms with E-state index in [9.17, 15) is 9.59 Å². The van der Waals surface area contributed by atoms with Crippen LogP contribution in [0.2, 0.25) is 0 Å². The van der Waals surface area contributed by atoms with Gasteiger partial charge in [-0.05, 0) is 24.0 Å². The fourth-order valence-corrected chi connectivity index (χ4v) is 5.94. The first-order valence-corrected chi connectivity index (χ1v) is 15.2. The molecule has 2 N–H and O–H groups in total. The molecule has 0 aliphatic carbocycles. The minimum Gasteiger partial charge on any atom is -0.340 e. The Morgan fingerprint density at radius 1 is 0.878 bits per heavy atom. The molecule has 1 saturated heterocycles. The van der Waals surface area contributed by atoms with E-state index in [0.29, 0.717) is 31.1 Å². The SMILES string of the molecule is O=C(CCCN(CCC(c1ccccc1)c1ccccc1)C(=O)Nc1nc(-c2ccccc2)cs1)N1CCNCC1. The number of carbonyl (C=O) groups is 2. The molecule has 2 heterocycles. The predicted molar refractivity (Wildman–Crippen MR) is 166 cm³/mol. The van der Waals surface area contributed by atoms with Gasteiger partial charge < -0.3 is 15.1 Å². The maximum atomic E-state index is 13.6. The molecular formula is C33H37N5O2S. The molecular weight excluding hydrogens is 530 g/mol. The Morgan fingerprint density at radius 3 is 2.12 bits per heavy atom. The molecule has 1 aliphatic heterocycles. The minimum absolute atomic E-state index is 0.153. The highest BCUT2D eigenvalue weighted by Gasteiger charge is 2.21. The van der Waals surface area contributed by atoms with Gasteiger partial charge in [0.1, 0.15) is 0 Å². The topological polar surface area (TPSA) is 77.6 Å². The van der Waals surface area contributed by atoms with Gasteiger partial charge >= 0.3 is 6.03 Å². The molecule has 1 fully saturated rings. The second-order valence-corrected chi connectivity index (χ2v) is 11.1. The lowest BCUT2D eigenvalue weighted by atomic mass is 9.88. The van der Waals surface area contributed by atoms with Crippen molar-refractivity contribution in [1.82, 2.24) is 20.1 Å². The zero-order chi connectivity index (χ0) is 28.3. The minimum atomic E-state index is -0.187. The van der Waals surface area contributed by atoms with Gasteiger partial charge in [0.25, 0.3) is 0 Å². The Morgan fingerprint density at radius 2 is 1.49 bits per heavy atom. The van der Waals surface area contributed by atoms with Crippen LogP contribution in [0.15, 0.2) is 96.4 Å². The number of benzene rings is 3. The van der Waals surface area contributed by atoms with Crippen LogP contribution in [0, 0.1) is 0 Å². The molecule has 0 spiro atoms. The highest BCUT2D eigenvalue weighted by atomic mass is 32.1. The number of thiazole rings is 1. The van der Waals surface area contributed by atoms with Crippen molar-refractivity contribution in [3.05, 3.63) is 108 Å². The number of urea groups is 1. The van der Waals surface area contributed by atoms with Gasteiger partial charge in [0.05, 0.1) is 5.69 Å². The Hall–Kier alpha value is -4.01. The van der Waals surface area contributed by atoms with E-state index in [1.54, 1.807) is 0 Å². The third-order valence-electron chi connectivity index (χ3n) is 7.45. The van der Waals surface area contributed by atoms with Gasteiger partial charge in [-0.15, -0.1) is 11.3 Å². The molecule has 5 rings (SSSR count). The van der Waals surface area contributed by atoms with E-state index in [4.69, 9.17) is 0 Å². The summed E-state index contributed by atoms with van der Waals surface area (Å²) < 4.78 is 0. The zero-order valence-electron chi connectivity index (χ0n) is 23.2. The van der Waals surface area contributed by atoms with E-state index in [1.165, 1.54) is 22.5 Å². The van der Waals surface area contributed by atoms with Crippen molar-refractivity contribution in [2.24, 2.45) is 0 Å². The van der Waals surface area contributed by atoms with Gasteiger partial charge in [-0.3, -0.25) is 10.1 Å². The summed E-state index contributed by atoms with van der Waals surface area (Å²) in [5.74, 6) is 0.311. The molecule has 0 saturated carbocycles. The van der Waals surface area contributed by atoms with E-state index >= 15 is 0 Å². The van der Waals surface area contributed by atoms with Crippen LogP contribution in [0.3, 0.4) is 0 Å². The summed E-state index contributed by atoms with van der Waals surface area (Å²) in [4.78, 5) is 34.8. The average molecular weight is 568 g/mol. The largest absolute Gasteiger partial charge is 0.340 e. The summed E-state index contributed by atoms with van der Waals surface area (Å²) in [5, 5.41) is 8.84. The average Bonchev–Trinajstić information content (AvgIpc) is 3.50. The maximum absolute atomic E-state index is 13.6. The van der Waals surface area contributed by atoms with E-state index < -0.39 is 0 Å². The molecule has 4 aromatic rings. The number of carbonyl (C=O) groups excluding carboxylic acids is 2. The molecule has 0 unspecified atom stereocenters. The number of rotatable bonds is 11. The van der Waals surface area contributed by atoms with Crippen molar-refractivity contribution in [2.45, 2.75) is 25.2 Å². The van der Waals surface area contributed by atoms with Crippen LogP contribution in [0.1, 0.15) is 36.3 Å². The van der Waals surface area contributed by atoms with E-state index in [2.05, 4.69) is 64.1 Å². The summed E-state index contributed by atoms with van der Waals surface area (Å²) in [5.41, 5.74) is 4.30. The summed E-state index contributed by atoms with van der Waals surface area (Å²) >= 11 is 1.42. The quantitative estimate of drug-likeness (QED) is 0.230. The molecule has 1 aliphatic rings. The molecule has 8 heteroatoms. The first kappa shape index (κ1) is 28.5. The molecule has 212 valence electrons. The summed E-state index contributed by atoms with van der Waals surface area (Å²) in [6.07, 6.45) is 1.81. The second kappa shape index (κ2) is 14.6. The number of amides is 3. The lowest BCUT2D eigenvalue weighted by Crippen LogP contribution is -2.46. The Labute approximate surface area is 246 Å². The maximum Gasteiger partial charge on any atom is 0.323 e. The van der Waals surface area contributed by atoms with Gasteiger partial charge in [-0.2, -0.15) is 0 Å². The number of anilines is 1. The van der Waals surface area contributed by atoms with Crippen LogP contribution in [0.25, 0.3) is 11.3 Å². The third-order valence-corrected chi connectivity index (χ3v) is 8.21. The molecule has 41 heavy (non-hydrogen) atoms. The van der Waals surface area contributed by atoms with Gasteiger partial charge in [-0.25, -0.2) is 9.78 Å². The second-order valence-electron chi connectivity index (χ2n) is 10.2. The molecule has 0 radical (unpaired) electrons. The zero-order valence-corrected chi connectivity index (χ0v) is 24.1. The first-order chi connectivity index (χ1) is 20.2. The van der Waals surface area contributed by atoms with E-state index in [-0.39, 0.29) is 17.9 Å². The highest BCUT2D eigenvalue weighted by molar-refractivity contribution is 7.14. The van der Waals surface area contributed by atoms with Crippen LogP contribution < -0.4 is 10.6 Å². The van der Waals surface area contributed by atoms with Gasteiger partial charge in [-0.1, -0.05) is 91.0 Å². The summed E-state index contributed by atoms with van der Waals surface area (Å²) in [6, 6.07) is 30.6. The van der Waals surface area contributed by atoms with Crippen LogP contribution >= 0.6 is 11.3 Å². The Bertz CT molecular complexity index is 1340. The summed E-state index contributed by atoms with van der Waals surface area (Å²) in [6.45, 7) is 4.20. The normalized spacial score (nSPS) is 13.2. The standard InChI is InChI=1S/C33H37N5O2S/c39-31(37-23-19-34-20-24-37)17-10-21-38(33(40)36-32-35-30(25-41-32)28-15-8-3-9-16-28)22-18-29(26-11-4-1-5-12-26)27-13-6-2-7-14-27/h1-9,11-16,25,29,34H,10,17-24H2,(H,35,36,40). The predicted octanol–water partition coefficient (Wildman–Crippen LogP) is 6.08. The number of nitrogens with zero attached hydrogens (tertiary/aromatic N) is 3. The van der Waals surface area contributed by atoms with Crippen LogP contribution in [-0.4, -0.2) is 66.0 Å². The number of hydrogen-bond donors (Lipinski definition) is 2.